The van der Waals surface area contributed by atoms with Gasteiger partial charge in [0.05, 0.1) is 6.07 Å². The zero-order chi connectivity index (χ0) is 11.8. The fourth-order valence-corrected chi connectivity index (χ4v) is 2.59. The first-order valence-corrected chi connectivity index (χ1v) is 6.33. The van der Waals surface area contributed by atoms with Gasteiger partial charge in [-0.2, -0.15) is 5.26 Å². The smallest absolute Gasteiger partial charge is 0.130 e. The lowest BCUT2D eigenvalue weighted by molar-refractivity contribution is 0.613. The molecule has 1 aromatic rings. The van der Waals surface area contributed by atoms with Crippen LogP contribution < -0.4 is 5.32 Å². The van der Waals surface area contributed by atoms with Crippen molar-refractivity contribution in [3.8, 4) is 6.07 Å². The predicted octanol–water partition coefficient (Wildman–Crippen LogP) is 3.37. The molecule has 0 aliphatic heterocycles. The van der Waals surface area contributed by atoms with Gasteiger partial charge in [0.1, 0.15) is 6.04 Å². The molecule has 5 nitrogen and oxygen atoms in total. The minimum absolute atomic E-state index is 0.289. The third-order valence-corrected chi connectivity index (χ3v) is 3.61. The zero-order valence-corrected chi connectivity index (χ0v) is 10.8. The van der Waals surface area contributed by atoms with Crippen LogP contribution in [-0.4, -0.2) is 13.1 Å². The van der Waals surface area contributed by atoms with Gasteiger partial charge in [0.15, 0.2) is 0 Å². The number of hydrogen-bond acceptors (Lipinski definition) is 4. The van der Waals surface area contributed by atoms with Gasteiger partial charge in [0.2, 0.25) is 0 Å². The van der Waals surface area contributed by atoms with Crippen molar-refractivity contribution < 1.29 is 0 Å². The van der Waals surface area contributed by atoms with Gasteiger partial charge in [-0.15, -0.1) is 11.3 Å². The minimum Gasteiger partial charge on any atom is -0.298 e. The molecule has 0 fully saturated rings. The van der Waals surface area contributed by atoms with Gasteiger partial charge >= 0.3 is 0 Å². The van der Waals surface area contributed by atoms with Crippen LogP contribution in [0.2, 0.25) is 0 Å². The average Bonchev–Trinajstić information content (AvgIpc) is 2.70. The Hall–Kier alpha value is -1.06. The monoisotopic (exact) mass is 299 g/mol. The molecule has 0 radical (unpaired) electrons. The highest BCUT2D eigenvalue weighted by Gasteiger charge is 2.11. The van der Waals surface area contributed by atoms with Gasteiger partial charge < -0.3 is 0 Å². The second-order valence-corrected chi connectivity index (χ2v) is 4.85. The van der Waals surface area contributed by atoms with Crippen LogP contribution in [0.1, 0.15) is 17.3 Å². The van der Waals surface area contributed by atoms with E-state index in [1.54, 1.807) is 0 Å². The summed E-state index contributed by atoms with van der Waals surface area (Å²) in [6, 6.07) is 3.84. The van der Waals surface area contributed by atoms with Crippen molar-refractivity contribution in [3.05, 3.63) is 31.2 Å². The maximum Gasteiger partial charge on any atom is 0.130 e. The largest absolute Gasteiger partial charge is 0.298 e. The molecule has 1 unspecified atom stereocenters. The first kappa shape index (κ1) is 13.0. The number of nitriles is 1. The molecular formula is C9H10BrN5S. The van der Waals surface area contributed by atoms with E-state index in [0.29, 0.717) is 13.1 Å². The number of nitrogens with zero attached hydrogens (tertiary/aromatic N) is 4. The van der Waals surface area contributed by atoms with Crippen molar-refractivity contribution in [1.82, 2.24) is 5.32 Å². The molecule has 0 saturated carbocycles. The first-order chi connectivity index (χ1) is 7.77. The average molecular weight is 300 g/mol. The maximum atomic E-state index is 8.99. The molecule has 0 aliphatic rings. The van der Waals surface area contributed by atoms with Crippen molar-refractivity contribution in [2.75, 3.05) is 13.1 Å². The normalized spacial score (nSPS) is 11.5. The molecule has 1 aromatic heterocycles. The molecule has 7 heteroatoms. The van der Waals surface area contributed by atoms with Crippen LogP contribution in [0.25, 0.3) is 10.4 Å². The van der Waals surface area contributed by atoms with E-state index in [4.69, 9.17) is 10.8 Å². The first-order valence-electron chi connectivity index (χ1n) is 4.65. The summed E-state index contributed by atoms with van der Waals surface area (Å²) in [7, 11) is 0. The van der Waals surface area contributed by atoms with Gasteiger partial charge in [-0.3, -0.25) is 5.32 Å². The molecule has 1 N–H and O–H groups in total. The molecule has 84 valence electrons. The third-order valence-electron chi connectivity index (χ3n) is 1.85. The van der Waals surface area contributed by atoms with Crippen molar-refractivity contribution in [2.45, 2.75) is 12.5 Å². The predicted molar refractivity (Wildman–Crippen MR) is 67.0 cm³/mol. The second kappa shape index (κ2) is 7.25. The molecule has 1 atom stereocenters. The van der Waals surface area contributed by atoms with Crippen molar-refractivity contribution in [3.63, 3.8) is 0 Å². The van der Waals surface area contributed by atoms with E-state index in [1.807, 2.05) is 11.4 Å². The third kappa shape index (κ3) is 4.21. The zero-order valence-electron chi connectivity index (χ0n) is 8.43. The maximum absolute atomic E-state index is 8.99. The summed E-state index contributed by atoms with van der Waals surface area (Å²) >= 11 is 4.89. The molecule has 0 spiro atoms. The van der Waals surface area contributed by atoms with E-state index in [9.17, 15) is 0 Å². The SMILES string of the molecule is N#CC(NCCCN=[N+]=[N-])c1cc(Br)cs1. The number of nitrogens with one attached hydrogen (secondary N) is 1. The molecular weight excluding hydrogens is 290 g/mol. The van der Waals surface area contributed by atoms with Crippen LogP contribution in [0.4, 0.5) is 0 Å². The Morgan fingerprint density at radius 3 is 3.12 bits per heavy atom. The summed E-state index contributed by atoms with van der Waals surface area (Å²) in [6.45, 7) is 1.11. The summed E-state index contributed by atoms with van der Waals surface area (Å²) in [5.41, 5.74) is 8.08. The summed E-state index contributed by atoms with van der Waals surface area (Å²) in [5, 5.41) is 17.5. The standard InChI is InChI=1S/C9H10BrN5S/c10-7-4-9(16-6-7)8(5-11)13-2-1-3-14-15-12/h4,6,8,13H,1-3H2. The molecule has 0 amide bonds. The number of halogens is 1. The Morgan fingerprint density at radius 2 is 2.56 bits per heavy atom. The molecule has 0 aliphatic carbocycles. The number of hydrogen-bond donors (Lipinski definition) is 1. The Balaban J connectivity index is 2.39. The molecule has 0 bridgehead atoms. The topological polar surface area (TPSA) is 84.6 Å². The minimum atomic E-state index is -0.289. The highest BCUT2D eigenvalue weighted by molar-refractivity contribution is 9.10. The van der Waals surface area contributed by atoms with Crippen molar-refractivity contribution in [2.24, 2.45) is 5.11 Å². The van der Waals surface area contributed by atoms with Crippen LogP contribution in [0.3, 0.4) is 0 Å². The van der Waals surface area contributed by atoms with E-state index in [0.717, 1.165) is 15.8 Å². The lowest BCUT2D eigenvalue weighted by atomic mass is 10.2. The number of rotatable bonds is 6. The van der Waals surface area contributed by atoms with E-state index in [-0.39, 0.29) is 6.04 Å². The van der Waals surface area contributed by atoms with Crippen LogP contribution in [0.15, 0.2) is 21.0 Å². The Bertz CT molecular complexity index is 418. The molecule has 0 aromatic carbocycles. The lowest BCUT2D eigenvalue weighted by Crippen LogP contribution is -2.20. The lowest BCUT2D eigenvalue weighted by Gasteiger charge is -2.08. The van der Waals surface area contributed by atoms with E-state index >= 15 is 0 Å². The number of thiophene rings is 1. The van der Waals surface area contributed by atoms with Gasteiger partial charge in [-0.1, -0.05) is 5.11 Å². The fraction of sp³-hybridized carbons (Fsp3) is 0.444. The quantitative estimate of drug-likeness (QED) is 0.378. The van der Waals surface area contributed by atoms with E-state index in [2.05, 4.69) is 37.3 Å². The Kier molecular flexibility index (Phi) is 5.90. The Morgan fingerprint density at radius 1 is 1.75 bits per heavy atom. The van der Waals surface area contributed by atoms with Crippen LogP contribution in [-0.2, 0) is 0 Å². The van der Waals surface area contributed by atoms with Crippen LogP contribution >= 0.6 is 27.3 Å². The summed E-state index contributed by atoms with van der Waals surface area (Å²) < 4.78 is 0.989. The summed E-state index contributed by atoms with van der Waals surface area (Å²) in [6.07, 6.45) is 0.731. The van der Waals surface area contributed by atoms with Gasteiger partial charge in [0.25, 0.3) is 0 Å². The highest BCUT2D eigenvalue weighted by Crippen LogP contribution is 2.25. The molecule has 16 heavy (non-hydrogen) atoms. The van der Waals surface area contributed by atoms with Gasteiger partial charge in [-0.25, -0.2) is 0 Å². The Labute approximate surface area is 106 Å². The van der Waals surface area contributed by atoms with E-state index < -0.39 is 0 Å². The summed E-state index contributed by atoms with van der Waals surface area (Å²) in [4.78, 5) is 3.65. The highest BCUT2D eigenvalue weighted by atomic mass is 79.9. The van der Waals surface area contributed by atoms with Gasteiger partial charge in [-0.05, 0) is 40.5 Å². The molecule has 1 rings (SSSR count). The van der Waals surface area contributed by atoms with Crippen molar-refractivity contribution in [1.29, 1.82) is 5.26 Å². The van der Waals surface area contributed by atoms with E-state index in [1.165, 1.54) is 11.3 Å². The molecule has 0 saturated heterocycles. The van der Waals surface area contributed by atoms with Crippen LogP contribution in [0.5, 0.6) is 0 Å². The van der Waals surface area contributed by atoms with Crippen LogP contribution in [0, 0.1) is 11.3 Å². The summed E-state index contributed by atoms with van der Waals surface area (Å²) in [5.74, 6) is 0. The van der Waals surface area contributed by atoms with Gasteiger partial charge in [0, 0.05) is 26.2 Å². The number of azide groups is 1. The van der Waals surface area contributed by atoms with Crippen molar-refractivity contribution >= 4 is 27.3 Å². The second-order valence-electron chi connectivity index (χ2n) is 2.99. The fourth-order valence-electron chi connectivity index (χ4n) is 1.13. The molecule has 1 heterocycles.